The van der Waals surface area contributed by atoms with Crippen LogP contribution in [0.2, 0.25) is 0 Å². The molecule has 0 aliphatic carbocycles. The highest BCUT2D eigenvalue weighted by molar-refractivity contribution is 4.98. The van der Waals surface area contributed by atoms with Crippen molar-refractivity contribution in [3.05, 3.63) is 44.4 Å². The Kier molecular flexibility index (Phi) is 7.88. The Labute approximate surface area is 164 Å². The molecule has 0 fully saturated rings. The second-order valence-electron chi connectivity index (χ2n) is 8.76. The lowest BCUT2D eigenvalue weighted by Gasteiger charge is -2.23. The summed E-state index contributed by atoms with van der Waals surface area (Å²) in [4.78, 5) is 22.2. The Hall–Kier alpha value is -2.06. The van der Waals surface area contributed by atoms with Crippen molar-refractivity contribution in [2.24, 2.45) is 10.8 Å². The monoisotopic (exact) mass is 396 g/mol. The van der Waals surface area contributed by atoms with Gasteiger partial charge in [0.15, 0.2) is 0 Å². The fraction of sp³-hybridized carbons (Fsp3) is 0.700. The highest BCUT2D eigenvalue weighted by Crippen LogP contribution is 2.26. The molecule has 2 N–H and O–H groups in total. The Bertz CT molecular complexity index is 743. The predicted molar refractivity (Wildman–Crippen MR) is 104 cm³/mol. The van der Waals surface area contributed by atoms with Crippen LogP contribution in [-0.2, 0) is 22.3 Å². The van der Waals surface area contributed by atoms with E-state index in [0.29, 0.717) is 50.8 Å². The molecule has 158 valence electrons. The van der Waals surface area contributed by atoms with Crippen LogP contribution in [0.3, 0.4) is 0 Å². The maximum absolute atomic E-state index is 11.1. The fourth-order valence-corrected chi connectivity index (χ4v) is 2.96. The van der Waals surface area contributed by atoms with Gasteiger partial charge in [0.1, 0.15) is 11.5 Å². The van der Waals surface area contributed by atoms with E-state index in [1.807, 2.05) is 0 Å². The van der Waals surface area contributed by atoms with Gasteiger partial charge < -0.3 is 18.5 Å². The topological polar surface area (TPSA) is 110 Å². The summed E-state index contributed by atoms with van der Waals surface area (Å²) in [5.41, 5.74) is -0.452. The Morgan fingerprint density at radius 1 is 0.750 bits per heavy atom. The minimum Gasteiger partial charge on any atom is -0.384 e. The third-order valence-corrected chi connectivity index (χ3v) is 4.67. The van der Waals surface area contributed by atoms with Crippen LogP contribution in [0.15, 0.2) is 30.8 Å². The van der Waals surface area contributed by atoms with Crippen molar-refractivity contribution in [1.82, 2.24) is 10.3 Å². The summed E-state index contributed by atoms with van der Waals surface area (Å²) in [5.74, 6) is 1.33. The van der Waals surface area contributed by atoms with E-state index >= 15 is 0 Å². The summed E-state index contributed by atoms with van der Waals surface area (Å²) in [6, 6.07) is 2.98. The van der Waals surface area contributed by atoms with Gasteiger partial charge in [-0.25, -0.2) is 0 Å². The van der Waals surface area contributed by atoms with Crippen LogP contribution >= 0.6 is 0 Å². The molecule has 0 bridgehead atoms. The van der Waals surface area contributed by atoms with Crippen molar-refractivity contribution in [1.29, 1.82) is 0 Å². The van der Waals surface area contributed by atoms with Crippen molar-refractivity contribution < 1.29 is 18.5 Å². The van der Waals surface area contributed by atoms with Crippen molar-refractivity contribution in [3.63, 3.8) is 0 Å². The lowest BCUT2D eigenvalue weighted by atomic mass is 9.85. The Morgan fingerprint density at radius 3 is 1.46 bits per heavy atom. The summed E-state index contributed by atoms with van der Waals surface area (Å²) in [5, 5.41) is 4.63. The Balaban J connectivity index is 1.53. The molecule has 2 aromatic rings. The first kappa shape index (κ1) is 22.2. The molecule has 28 heavy (non-hydrogen) atoms. The quantitative estimate of drug-likeness (QED) is 0.504. The van der Waals surface area contributed by atoms with Gasteiger partial charge in [-0.2, -0.15) is 10.3 Å². The van der Waals surface area contributed by atoms with Gasteiger partial charge in [-0.15, -0.1) is 0 Å². The third-order valence-electron chi connectivity index (χ3n) is 4.67. The smallest absolute Gasteiger partial charge is 0.280 e. The van der Waals surface area contributed by atoms with E-state index in [1.54, 1.807) is 0 Å². The minimum atomic E-state index is -0.208. The number of hydrogen-bond acceptors (Lipinski definition) is 6. The van der Waals surface area contributed by atoms with Crippen molar-refractivity contribution >= 4 is 0 Å². The van der Waals surface area contributed by atoms with Gasteiger partial charge in [-0.3, -0.25) is 9.59 Å². The zero-order valence-electron chi connectivity index (χ0n) is 17.3. The molecule has 0 atom stereocenters. The van der Waals surface area contributed by atoms with Crippen molar-refractivity contribution in [3.8, 4) is 0 Å². The molecule has 0 spiro atoms. The van der Waals surface area contributed by atoms with Gasteiger partial charge >= 0.3 is 0 Å². The molecule has 8 heteroatoms. The van der Waals surface area contributed by atoms with Gasteiger partial charge in [0.2, 0.25) is 0 Å². The van der Waals surface area contributed by atoms with Gasteiger partial charge in [-0.05, 0) is 23.7 Å². The zero-order chi connectivity index (χ0) is 20.6. The lowest BCUT2D eigenvalue weighted by molar-refractivity contribution is 0.0279. The molecule has 0 aliphatic heterocycles. The number of nitrogens with one attached hydrogen (secondary N) is 2. The first-order valence-corrected chi connectivity index (χ1v) is 9.66. The highest BCUT2D eigenvalue weighted by atomic mass is 16.5. The second kappa shape index (κ2) is 9.93. The molecule has 0 saturated heterocycles. The summed E-state index contributed by atoms with van der Waals surface area (Å²) >= 11 is 0. The Morgan fingerprint density at radius 2 is 1.14 bits per heavy atom. The zero-order valence-corrected chi connectivity index (χ0v) is 17.3. The van der Waals surface area contributed by atoms with Gasteiger partial charge in [0.05, 0.1) is 13.2 Å². The molecule has 0 radical (unpaired) electrons. The SMILES string of the molecule is CC(C)(CCOCCOCCC(C)(C)Cc1cc(=O)[nH]o1)Cc1cc(=O)[nH]o1. The maximum Gasteiger partial charge on any atom is 0.280 e. The van der Waals surface area contributed by atoms with E-state index in [9.17, 15) is 9.59 Å². The van der Waals surface area contributed by atoms with E-state index in [1.165, 1.54) is 12.1 Å². The maximum atomic E-state index is 11.1. The molecule has 0 aliphatic rings. The third kappa shape index (κ3) is 8.31. The largest absolute Gasteiger partial charge is 0.384 e. The van der Waals surface area contributed by atoms with Gasteiger partial charge in [0, 0.05) is 38.2 Å². The van der Waals surface area contributed by atoms with Crippen LogP contribution in [0, 0.1) is 10.8 Å². The summed E-state index contributed by atoms with van der Waals surface area (Å²) in [7, 11) is 0. The van der Waals surface area contributed by atoms with E-state index in [2.05, 4.69) is 38.0 Å². The van der Waals surface area contributed by atoms with Gasteiger partial charge in [0.25, 0.3) is 11.1 Å². The van der Waals surface area contributed by atoms with E-state index in [4.69, 9.17) is 18.5 Å². The molecule has 2 aromatic heterocycles. The standard InChI is InChI=1S/C20H32N2O6/c1-19(2,13-15-11-17(23)21-27-15)5-7-25-9-10-26-8-6-20(3,4)14-16-12-18(24)22-28-16/h11-12H,5-10,13-14H2,1-4H3,(H,21,23)(H,22,24). The van der Waals surface area contributed by atoms with E-state index in [-0.39, 0.29) is 21.9 Å². The fourth-order valence-electron chi connectivity index (χ4n) is 2.96. The molecule has 2 rings (SSSR count). The highest BCUT2D eigenvalue weighted by Gasteiger charge is 2.21. The number of H-pyrrole nitrogens is 2. The minimum absolute atomic E-state index is 0.0176. The van der Waals surface area contributed by atoms with E-state index < -0.39 is 0 Å². The number of hydrogen-bond donors (Lipinski definition) is 2. The summed E-state index contributed by atoms with van der Waals surface area (Å²) < 4.78 is 21.6. The number of ether oxygens (including phenoxy) is 2. The van der Waals surface area contributed by atoms with Crippen LogP contribution in [0.5, 0.6) is 0 Å². The average molecular weight is 396 g/mol. The predicted octanol–water partition coefficient (Wildman–Crippen LogP) is 2.90. The first-order valence-electron chi connectivity index (χ1n) is 9.66. The first-order chi connectivity index (χ1) is 13.2. The van der Waals surface area contributed by atoms with Crippen LogP contribution in [0.1, 0.15) is 52.1 Å². The molecule has 8 nitrogen and oxygen atoms in total. The van der Waals surface area contributed by atoms with E-state index in [0.717, 1.165) is 12.8 Å². The molecule has 0 aromatic carbocycles. The van der Waals surface area contributed by atoms with Crippen LogP contribution < -0.4 is 11.1 Å². The number of aromatic nitrogens is 2. The summed E-state index contributed by atoms with van der Waals surface area (Å²) in [6.07, 6.45) is 3.08. The molecule has 0 unspecified atom stereocenters. The molecule has 0 saturated carbocycles. The van der Waals surface area contributed by atoms with Crippen molar-refractivity contribution in [2.75, 3.05) is 26.4 Å². The molecular weight excluding hydrogens is 364 g/mol. The van der Waals surface area contributed by atoms with Crippen LogP contribution in [0.25, 0.3) is 0 Å². The lowest BCUT2D eigenvalue weighted by Crippen LogP contribution is -2.20. The van der Waals surface area contributed by atoms with Crippen LogP contribution in [0.4, 0.5) is 0 Å². The summed E-state index contributed by atoms with van der Waals surface area (Å²) in [6.45, 7) is 10.8. The molecule has 2 heterocycles. The number of aromatic amines is 2. The normalized spacial score (nSPS) is 12.6. The van der Waals surface area contributed by atoms with Gasteiger partial charge in [-0.1, -0.05) is 27.7 Å². The second-order valence-corrected chi connectivity index (χ2v) is 8.76. The molecular formula is C20H32N2O6. The van der Waals surface area contributed by atoms with Crippen LogP contribution in [-0.4, -0.2) is 36.7 Å². The number of rotatable bonds is 13. The average Bonchev–Trinajstić information content (AvgIpc) is 3.17. The van der Waals surface area contributed by atoms with Crippen molar-refractivity contribution in [2.45, 2.75) is 53.4 Å². The molecule has 0 amide bonds.